The lowest BCUT2D eigenvalue weighted by Crippen LogP contribution is -2.35. The van der Waals surface area contributed by atoms with Crippen LogP contribution < -0.4 is 11.2 Å². The van der Waals surface area contributed by atoms with Gasteiger partial charge >= 0.3 is 5.69 Å². The van der Waals surface area contributed by atoms with Gasteiger partial charge in [-0.15, -0.1) is 6.42 Å². The highest BCUT2D eigenvalue weighted by molar-refractivity contribution is 5.06. The van der Waals surface area contributed by atoms with Gasteiger partial charge in [-0.1, -0.05) is 5.92 Å². The zero-order valence-corrected chi connectivity index (χ0v) is 9.31. The van der Waals surface area contributed by atoms with E-state index in [2.05, 4.69) is 5.92 Å². The third-order valence-electron chi connectivity index (χ3n) is 2.87. The highest BCUT2D eigenvalue weighted by Crippen LogP contribution is 2.32. The number of rotatable bonds is 2. The summed E-state index contributed by atoms with van der Waals surface area (Å²) in [7, 11) is 0. The molecule has 18 heavy (non-hydrogen) atoms. The van der Waals surface area contributed by atoms with Gasteiger partial charge < -0.3 is 14.9 Å². The molecule has 1 aromatic rings. The summed E-state index contributed by atoms with van der Waals surface area (Å²) < 4.78 is 6.37. The van der Waals surface area contributed by atoms with Crippen LogP contribution in [0.25, 0.3) is 0 Å². The summed E-state index contributed by atoms with van der Waals surface area (Å²) in [5.74, 6) is 1.61. The van der Waals surface area contributed by atoms with Crippen molar-refractivity contribution < 1.29 is 14.9 Å². The molecule has 96 valence electrons. The van der Waals surface area contributed by atoms with E-state index in [0.717, 1.165) is 10.6 Å². The summed E-state index contributed by atoms with van der Waals surface area (Å²) in [5, 5.41) is 19.1. The first kappa shape index (κ1) is 12.6. The Kier molecular flexibility index (Phi) is 3.34. The van der Waals surface area contributed by atoms with Crippen LogP contribution in [-0.4, -0.2) is 38.6 Å². The Bertz CT molecular complexity index is 584. The molecule has 2 heterocycles. The van der Waals surface area contributed by atoms with Crippen molar-refractivity contribution in [3.63, 3.8) is 0 Å². The number of aromatic nitrogens is 2. The van der Waals surface area contributed by atoms with Gasteiger partial charge in [-0.05, 0) is 0 Å². The van der Waals surface area contributed by atoms with Crippen molar-refractivity contribution in [1.82, 2.24) is 9.55 Å². The van der Waals surface area contributed by atoms with E-state index in [1.165, 1.54) is 6.20 Å². The fourth-order valence-electron chi connectivity index (χ4n) is 1.96. The zero-order valence-electron chi connectivity index (χ0n) is 9.31. The maximum Gasteiger partial charge on any atom is 0.330 e. The van der Waals surface area contributed by atoms with Crippen molar-refractivity contribution in [3.8, 4) is 12.3 Å². The smallest absolute Gasteiger partial charge is 0.330 e. The lowest BCUT2D eigenvalue weighted by atomic mass is 9.99. The number of terminal acetylenes is 1. The molecule has 7 nitrogen and oxygen atoms in total. The molecule has 0 aliphatic carbocycles. The van der Waals surface area contributed by atoms with Gasteiger partial charge in [0.05, 0.1) is 18.6 Å². The van der Waals surface area contributed by atoms with Crippen molar-refractivity contribution >= 4 is 0 Å². The molecule has 1 aliphatic heterocycles. The number of hydrogen-bond donors (Lipinski definition) is 3. The third-order valence-corrected chi connectivity index (χ3v) is 2.87. The number of aromatic amines is 1. The minimum absolute atomic E-state index is 0.361. The molecule has 7 heteroatoms. The van der Waals surface area contributed by atoms with Crippen LogP contribution in [0.2, 0.25) is 0 Å². The number of nitrogens with zero attached hydrogens (tertiary/aromatic N) is 1. The average Bonchev–Trinajstić information content (AvgIpc) is 2.66. The molecule has 3 N–H and O–H groups in total. The van der Waals surface area contributed by atoms with Crippen molar-refractivity contribution in [2.24, 2.45) is 5.92 Å². The lowest BCUT2D eigenvalue weighted by molar-refractivity contribution is -0.0533. The van der Waals surface area contributed by atoms with E-state index in [0.29, 0.717) is 0 Å². The minimum atomic E-state index is -1.13. The van der Waals surface area contributed by atoms with Gasteiger partial charge in [0.2, 0.25) is 0 Å². The summed E-state index contributed by atoms with van der Waals surface area (Å²) in [4.78, 5) is 24.5. The third kappa shape index (κ3) is 1.97. The average molecular weight is 252 g/mol. The minimum Gasteiger partial charge on any atom is -0.394 e. The number of nitrogens with one attached hydrogen (secondary N) is 1. The van der Waals surface area contributed by atoms with Crippen molar-refractivity contribution in [2.75, 3.05) is 6.61 Å². The first-order valence-electron chi connectivity index (χ1n) is 5.30. The van der Waals surface area contributed by atoms with Gasteiger partial charge in [0.15, 0.2) is 6.23 Å². The Hall–Kier alpha value is -1.88. The molecular weight excluding hydrogens is 240 g/mol. The molecule has 1 unspecified atom stereocenters. The van der Waals surface area contributed by atoms with E-state index >= 15 is 0 Å². The van der Waals surface area contributed by atoms with Crippen molar-refractivity contribution in [1.29, 1.82) is 0 Å². The SMILES string of the molecule is C#CC1[C@@H](O)[C@H](n2ccc(=O)[nH]c2=O)O[C@@H]1CO. The van der Waals surface area contributed by atoms with E-state index in [9.17, 15) is 14.7 Å². The zero-order chi connectivity index (χ0) is 13.3. The molecule has 0 saturated carbocycles. The van der Waals surface area contributed by atoms with Crippen LogP contribution in [0, 0.1) is 18.3 Å². The predicted octanol–water partition coefficient (Wildman–Crippen LogP) is -1.96. The highest BCUT2D eigenvalue weighted by atomic mass is 16.5. The molecule has 0 amide bonds. The van der Waals surface area contributed by atoms with Gasteiger partial charge in [-0.3, -0.25) is 14.3 Å². The first-order chi connectivity index (χ1) is 8.58. The molecule has 2 rings (SSSR count). The van der Waals surface area contributed by atoms with Crippen LogP contribution in [0.1, 0.15) is 6.23 Å². The van der Waals surface area contributed by atoms with Crippen LogP contribution in [0.4, 0.5) is 0 Å². The Morgan fingerprint density at radius 1 is 1.56 bits per heavy atom. The molecule has 1 aromatic heterocycles. The van der Waals surface area contributed by atoms with Crippen molar-refractivity contribution in [3.05, 3.63) is 33.1 Å². The van der Waals surface area contributed by atoms with Gasteiger partial charge in [-0.2, -0.15) is 0 Å². The van der Waals surface area contributed by atoms with E-state index < -0.39 is 35.6 Å². The number of aliphatic hydroxyl groups is 2. The Balaban J connectivity index is 2.38. The van der Waals surface area contributed by atoms with Crippen molar-refractivity contribution in [2.45, 2.75) is 18.4 Å². The van der Waals surface area contributed by atoms with Crippen LogP contribution >= 0.6 is 0 Å². The molecule has 4 atom stereocenters. The number of aliphatic hydroxyl groups excluding tert-OH is 2. The topological polar surface area (TPSA) is 105 Å². The maximum atomic E-state index is 11.6. The second-order valence-electron chi connectivity index (χ2n) is 3.95. The number of H-pyrrole nitrogens is 1. The normalized spacial score (nSPS) is 31.2. The van der Waals surface area contributed by atoms with E-state index in [-0.39, 0.29) is 6.61 Å². The second-order valence-corrected chi connectivity index (χ2v) is 3.95. The predicted molar refractivity (Wildman–Crippen MR) is 60.6 cm³/mol. The molecule has 1 aliphatic rings. The Morgan fingerprint density at radius 2 is 2.28 bits per heavy atom. The van der Waals surface area contributed by atoms with Crippen LogP contribution in [0.3, 0.4) is 0 Å². The summed E-state index contributed by atoms with van der Waals surface area (Å²) in [6.07, 6.45) is 3.57. The van der Waals surface area contributed by atoms with Gasteiger partial charge in [0, 0.05) is 12.3 Å². The lowest BCUT2D eigenvalue weighted by Gasteiger charge is -2.16. The molecule has 0 spiro atoms. The van der Waals surface area contributed by atoms with E-state index in [1.54, 1.807) is 0 Å². The van der Waals surface area contributed by atoms with Crippen LogP contribution in [-0.2, 0) is 4.74 Å². The number of hydrogen-bond acceptors (Lipinski definition) is 5. The second kappa shape index (κ2) is 4.78. The summed E-state index contributed by atoms with van der Waals surface area (Å²) in [6.45, 7) is -0.361. The largest absolute Gasteiger partial charge is 0.394 e. The molecule has 0 bridgehead atoms. The molecule has 0 radical (unpaired) electrons. The van der Waals surface area contributed by atoms with Crippen LogP contribution in [0.5, 0.6) is 0 Å². The standard InChI is InChI=1S/C11H12N2O5/c1-2-6-7(5-14)18-10(9(6)16)13-4-3-8(15)12-11(13)17/h1,3-4,6-7,9-10,14,16H,5H2,(H,12,15,17)/t6?,7-,9-,10-/m1/s1. The first-order valence-corrected chi connectivity index (χ1v) is 5.30. The Morgan fingerprint density at radius 3 is 2.78 bits per heavy atom. The van der Waals surface area contributed by atoms with E-state index in [4.69, 9.17) is 16.3 Å². The summed E-state index contributed by atoms with van der Waals surface area (Å²) in [6, 6.07) is 1.13. The fraction of sp³-hybridized carbons (Fsp3) is 0.455. The molecule has 1 fully saturated rings. The van der Waals surface area contributed by atoms with Gasteiger partial charge in [0.1, 0.15) is 6.10 Å². The van der Waals surface area contributed by atoms with Gasteiger partial charge in [-0.25, -0.2) is 4.79 Å². The monoisotopic (exact) mass is 252 g/mol. The molecular formula is C11H12N2O5. The molecule has 0 aromatic carbocycles. The molecule has 1 saturated heterocycles. The quantitative estimate of drug-likeness (QED) is 0.530. The number of ether oxygens (including phenoxy) is 1. The van der Waals surface area contributed by atoms with E-state index in [1.807, 2.05) is 4.98 Å². The Labute approximate surface area is 102 Å². The summed E-state index contributed by atoms with van der Waals surface area (Å²) >= 11 is 0. The van der Waals surface area contributed by atoms with Crippen LogP contribution in [0.15, 0.2) is 21.9 Å². The van der Waals surface area contributed by atoms with Gasteiger partial charge in [0.25, 0.3) is 5.56 Å². The fourth-order valence-corrected chi connectivity index (χ4v) is 1.96. The maximum absolute atomic E-state index is 11.6. The summed E-state index contributed by atoms with van der Waals surface area (Å²) in [5.41, 5.74) is -1.25. The highest BCUT2D eigenvalue weighted by Gasteiger charge is 2.43.